The fraction of sp³-hybridized carbons (Fsp3) is 0.154. The number of allylic oxidation sites excluding steroid dienone is 1. The highest BCUT2D eigenvalue weighted by Crippen LogP contribution is 2.21. The van der Waals surface area contributed by atoms with Gasteiger partial charge in [0.15, 0.2) is 0 Å². The number of hydrogen-bond acceptors (Lipinski definition) is 4. The molecule has 0 aliphatic rings. The van der Waals surface area contributed by atoms with E-state index in [0.29, 0.717) is 11.3 Å². The summed E-state index contributed by atoms with van der Waals surface area (Å²) in [6.07, 6.45) is 0.851. The van der Waals surface area contributed by atoms with E-state index < -0.39 is 6.09 Å². The van der Waals surface area contributed by atoms with Crippen LogP contribution in [0, 0.1) is 22.7 Å². The number of hydrogen-bond donors (Lipinski definition) is 0. The van der Waals surface area contributed by atoms with E-state index in [2.05, 4.69) is 0 Å². The van der Waals surface area contributed by atoms with Crippen LogP contribution in [0.2, 0.25) is 0 Å². The van der Waals surface area contributed by atoms with Crippen molar-refractivity contribution in [1.29, 1.82) is 10.5 Å². The van der Waals surface area contributed by atoms with Crippen molar-refractivity contribution in [2.75, 3.05) is 14.1 Å². The Morgan fingerprint density at radius 2 is 1.89 bits per heavy atom. The van der Waals surface area contributed by atoms with Crippen LogP contribution in [0.3, 0.4) is 0 Å². The van der Waals surface area contributed by atoms with Gasteiger partial charge in [-0.05, 0) is 12.1 Å². The molecule has 0 aliphatic heterocycles. The molecule has 0 radical (unpaired) electrons. The maximum Gasteiger partial charge on any atom is 0.414 e. The number of carbonyl (C=O) groups excluding carboxylic acids is 1. The van der Waals surface area contributed by atoms with Crippen LogP contribution in [-0.2, 0) is 0 Å². The van der Waals surface area contributed by atoms with Crippen molar-refractivity contribution < 1.29 is 9.53 Å². The van der Waals surface area contributed by atoms with Gasteiger partial charge in [-0.25, -0.2) is 4.79 Å². The number of ether oxygens (including phenoxy) is 1. The Morgan fingerprint density at radius 3 is 2.44 bits per heavy atom. The van der Waals surface area contributed by atoms with Crippen molar-refractivity contribution in [3.63, 3.8) is 0 Å². The Balaban J connectivity index is 3.09. The number of para-hydroxylation sites is 1. The molecule has 5 heteroatoms. The molecule has 0 aliphatic carbocycles. The first-order chi connectivity index (χ1) is 8.58. The number of carbonyl (C=O) groups is 1. The topological polar surface area (TPSA) is 77.1 Å². The van der Waals surface area contributed by atoms with Crippen LogP contribution in [0.5, 0.6) is 5.75 Å². The van der Waals surface area contributed by atoms with E-state index in [0.717, 1.165) is 0 Å². The molecule has 90 valence electrons. The average molecular weight is 241 g/mol. The van der Waals surface area contributed by atoms with Crippen molar-refractivity contribution in [2.24, 2.45) is 0 Å². The first-order valence-corrected chi connectivity index (χ1v) is 5.08. The Hall–Kier alpha value is -2.79. The summed E-state index contributed by atoms with van der Waals surface area (Å²) in [5, 5.41) is 17.4. The zero-order valence-corrected chi connectivity index (χ0v) is 10.0. The van der Waals surface area contributed by atoms with Gasteiger partial charge in [0, 0.05) is 19.7 Å². The number of nitrogens with zero attached hydrogens (tertiary/aromatic N) is 3. The highest BCUT2D eigenvalue weighted by molar-refractivity contribution is 5.73. The van der Waals surface area contributed by atoms with Crippen LogP contribution < -0.4 is 4.74 Å². The lowest BCUT2D eigenvalue weighted by atomic mass is 10.1. The summed E-state index contributed by atoms with van der Waals surface area (Å²) in [6.45, 7) is 0. The minimum atomic E-state index is -0.522. The number of benzene rings is 1. The van der Waals surface area contributed by atoms with E-state index in [4.69, 9.17) is 15.3 Å². The summed E-state index contributed by atoms with van der Waals surface area (Å²) < 4.78 is 5.12. The Bertz CT molecular complexity index is 546. The van der Waals surface area contributed by atoms with Crippen LogP contribution in [0.4, 0.5) is 4.79 Å². The quantitative estimate of drug-likeness (QED) is 0.743. The summed E-state index contributed by atoms with van der Waals surface area (Å²) in [5.74, 6) is 0.305. The molecule has 0 spiro atoms. The number of amides is 1. The van der Waals surface area contributed by atoms with Gasteiger partial charge in [0.1, 0.15) is 23.5 Å². The van der Waals surface area contributed by atoms with E-state index in [1.807, 2.05) is 0 Å². The first-order valence-electron chi connectivity index (χ1n) is 5.08. The molecule has 1 aromatic rings. The first kappa shape index (κ1) is 13.3. The Kier molecular flexibility index (Phi) is 4.48. The molecule has 1 aromatic carbocycles. The lowest BCUT2D eigenvalue weighted by Gasteiger charge is -2.12. The van der Waals surface area contributed by atoms with Gasteiger partial charge < -0.3 is 9.64 Å². The van der Waals surface area contributed by atoms with E-state index in [1.54, 1.807) is 50.5 Å². The molecule has 0 bridgehead atoms. The van der Waals surface area contributed by atoms with Gasteiger partial charge in [0.25, 0.3) is 0 Å². The lowest BCUT2D eigenvalue weighted by Crippen LogP contribution is -2.25. The highest BCUT2D eigenvalue weighted by Gasteiger charge is 2.09. The van der Waals surface area contributed by atoms with Gasteiger partial charge in [0.05, 0.1) is 0 Å². The number of rotatable bonds is 2. The second kappa shape index (κ2) is 6.07. The minimum Gasteiger partial charge on any atom is -0.410 e. The summed E-state index contributed by atoms with van der Waals surface area (Å²) in [5.41, 5.74) is 0.453. The van der Waals surface area contributed by atoms with Crippen molar-refractivity contribution >= 4 is 12.2 Å². The normalized spacial score (nSPS) is 8.67. The molecule has 1 amide bonds. The van der Waals surface area contributed by atoms with Crippen LogP contribution in [-0.4, -0.2) is 25.1 Å². The fourth-order valence-electron chi connectivity index (χ4n) is 1.12. The predicted molar refractivity (Wildman–Crippen MR) is 65.4 cm³/mol. The third-order valence-corrected chi connectivity index (χ3v) is 2.02. The smallest absolute Gasteiger partial charge is 0.410 e. The van der Waals surface area contributed by atoms with Gasteiger partial charge in [-0.15, -0.1) is 0 Å². The molecular weight excluding hydrogens is 230 g/mol. The monoisotopic (exact) mass is 241 g/mol. The molecule has 0 aromatic heterocycles. The fourth-order valence-corrected chi connectivity index (χ4v) is 1.12. The van der Waals surface area contributed by atoms with Gasteiger partial charge in [-0.1, -0.05) is 18.2 Å². The van der Waals surface area contributed by atoms with Crippen molar-refractivity contribution in [2.45, 2.75) is 0 Å². The Labute approximate surface area is 105 Å². The molecule has 5 nitrogen and oxygen atoms in total. The third-order valence-electron chi connectivity index (χ3n) is 2.02. The Morgan fingerprint density at radius 1 is 1.28 bits per heavy atom. The molecule has 0 unspecified atom stereocenters. The zero-order valence-electron chi connectivity index (χ0n) is 10.0. The van der Waals surface area contributed by atoms with Gasteiger partial charge in [-0.3, -0.25) is 0 Å². The molecule has 0 atom stereocenters. The molecule has 0 heterocycles. The van der Waals surface area contributed by atoms with Gasteiger partial charge in [0.2, 0.25) is 0 Å². The summed E-state index contributed by atoms with van der Waals surface area (Å²) >= 11 is 0. The maximum absolute atomic E-state index is 11.4. The highest BCUT2D eigenvalue weighted by atomic mass is 16.6. The van der Waals surface area contributed by atoms with Crippen molar-refractivity contribution in [3.8, 4) is 17.9 Å². The molecule has 18 heavy (non-hydrogen) atoms. The maximum atomic E-state index is 11.4. The second-order valence-electron chi connectivity index (χ2n) is 3.58. The predicted octanol–water partition coefficient (Wildman–Crippen LogP) is 2.18. The summed E-state index contributed by atoms with van der Waals surface area (Å²) in [6, 6.07) is 10.2. The minimum absolute atomic E-state index is 0.0525. The van der Waals surface area contributed by atoms with E-state index >= 15 is 0 Å². The molecule has 0 N–H and O–H groups in total. The van der Waals surface area contributed by atoms with Crippen molar-refractivity contribution in [1.82, 2.24) is 4.90 Å². The van der Waals surface area contributed by atoms with E-state index in [-0.39, 0.29) is 5.57 Å². The van der Waals surface area contributed by atoms with Gasteiger partial charge in [-0.2, -0.15) is 10.5 Å². The summed E-state index contributed by atoms with van der Waals surface area (Å²) in [4.78, 5) is 12.7. The standard InChI is InChI=1S/C13H11N3O2/c1-16(2)13(17)18-12-6-4-3-5-11(12)7-10(8-14)9-15/h3-7H,1-2H3. The lowest BCUT2D eigenvalue weighted by molar-refractivity contribution is 0.172. The second-order valence-corrected chi connectivity index (χ2v) is 3.58. The SMILES string of the molecule is CN(C)C(=O)Oc1ccccc1C=C(C#N)C#N. The third kappa shape index (κ3) is 3.36. The van der Waals surface area contributed by atoms with Crippen LogP contribution in [0.1, 0.15) is 5.56 Å². The zero-order chi connectivity index (χ0) is 13.5. The van der Waals surface area contributed by atoms with Crippen LogP contribution in [0.25, 0.3) is 6.08 Å². The molecular formula is C13H11N3O2. The van der Waals surface area contributed by atoms with E-state index in [1.165, 1.54) is 11.0 Å². The largest absolute Gasteiger partial charge is 0.414 e. The number of nitriles is 2. The van der Waals surface area contributed by atoms with Crippen LogP contribution >= 0.6 is 0 Å². The van der Waals surface area contributed by atoms with Gasteiger partial charge >= 0.3 is 6.09 Å². The van der Waals surface area contributed by atoms with Crippen LogP contribution in [0.15, 0.2) is 29.8 Å². The summed E-state index contributed by atoms with van der Waals surface area (Å²) in [7, 11) is 3.13. The average Bonchev–Trinajstić information content (AvgIpc) is 2.37. The molecule has 0 saturated carbocycles. The van der Waals surface area contributed by atoms with E-state index in [9.17, 15) is 4.79 Å². The van der Waals surface area contributed by atoms with Crippen molar-refractivity contribution in [3.05, 3.63) is 35.4 Å². The molecule has 0 saturated heterocycles. The molecule has 1 rings (SSSR count). The molecule has 0 fully saturated rings.